The van der Waals surface area contributed by atoms with E-state index in [1.807, 2.05) is 51.1 Å². The van der Waals surface area contributed by atoms with Crippen molar-refractivity contribution in [1.82, 2.24) is 15.5 Å². The van der Waals surface area contributed by atoms with Crippen LogP contribution in [0.25, 0.3) is 0 Å². The summed E-state index contributed by atoms with van der Waals surface area (Å²) in [5, 5.41) is 5.57. The van der Waals surface area contributed by atoms with Crippen LogP contribution in [0.1, 0.15) is 39.7 Å². The zero-order valence-corrected chi connectivity index (χ0v) is 16.0. The molecule has 3 amide bonds. The highest BCUT2D eigenvalue weighted by Crippen LogP contribution is 2.18. The SMILES string of the molecule is CC(NC(=O)C1CC(=O)N(CCc2ccccc2)C1)C(=O)NC(C)(C)C. The molecule has 2 unspecified atom stereocenters. The molecular formula is C20H29N3O3. The molecule has 1 aromatic carbocycles. The van der Waals surface area contributed by atoms with Crippen LogP contribution < -0.4 is 10.6 Å². The van der Waals surface area contributed by atoms with Gasteiger partial charge in [-0.2, -0.15) is 0 Å². The maximum atomic E-state index is 12.4. The van der Waals surface area contributed by atoms with Crippen LogP contribution in [0.15, 0.2) is 30.3 Å². The van der Waals surface area contributed by atoms with E-state index in [2.05, 4.69) is 10.6 Å². The quantitative estimate of drug-likeness (QED) is 0.808. The number of nitrogens with one attached hydrogen (secondary N) is 2. The van der Waals surface area contributed by atoms with Crippen molar-refractivity contribution in [2.24, 2.45) is 5.92 Å². The van der Waals surface area contributed by atoms with E-state index in [0.29, 0.717) is 13.1 Å². The number of benzene rings is 1. The summed E-state index contributed by atoms with van der Waals surface area (Å²) in [5.74, 6) is -0.871. The fraction of sp³-hybridized carbons (Fsp3) is 0.550. The van der Waals surface area contributed by atoms with Crippen molar-refractivity contribution in [3.05, 3.63) is 35.9 Å². The van der Waals surface area contributed by atoms with Gasteiger partial charge >= 0.3 is 0 Å². The molecule has 1 aliphatic heterocycles. The molecule has 26 heavy (non-hydrogen) atoms. The van der Waals surface area contributed by atoms with Crippen LogP contribution >= 0.6 is 0 Å². The lowest BCUT2D eigenvalue weighted by atomic mass is 10.1. The molecule has 0 saturated carbocycles. The Morgan fingerprint density at radius 1 is 1.23 bits per heavy atom. The summed E-state index contributed by atoms with van der Waals surface area (Å²) in [7, 11) is 0. The van der Waals surface area contributed by atoms with Gasteiger partial charge in [0.05, 0.1) is 5.92 Å². The molecule has 2 atom stereocenters. The van der Waals surface area contributed by atoms with Gasteiger partial charge in [-0.05, 0) is 39.7 Å². The van der Waals surface area contributed by atoms with E-state index in [9.17, 15) is 14.4 Å². The molecule has 6 nitrogen and oxygen atoms in total. The number of rotatable bonds is 6. The third-order valence-electron chi connectivity index (χ3n) is 4.35. The highest BCUT2D eigenvalue weighted by Gasteiger charge is 2.35. The standard InChI is InChI=1S/C20H29N3O3/c1-14(18(25)22-20(2,3)4)21-19(26)16-12-17(24)23(13-16)11-10-15-8-6-5-7-9-15/h5-9,14,16H,10-13H2,1-4H3,(H,21,26)(H,22,25). The van der Waals surface area contributed by atoms with Crippen LogP contribution in [-0.4, -0.2) is 47.3 Å². The molecule has 1 aliphatic rings. The summed E-state index contributed by atoms with van der Waals surface area (Å²) in [4.78, 5) is 38.4. The van der Waals surface area contributed by atoms with E-state index in [-0.39, 0.29) is 29.7 Å². The van der Waals surface area contributed by atoms with Gasteiger partial charge in [0.2, 0.25) is 17.7 Å². The first-order valence-electron chi connectivity index (χ1n) is 9.10. The van der Waals surface area contributed by atoms with Gasteiger partial charge < -0.3 is 15.5 Å². The molecule has 1 fully saturated rings. The van der Waals surface area contributed by atoms with Crippen LogP contribution in [0.4, 0.5) is 0 Å². The summed E-state index contributed by atoms with van der Waals surface area (Å²) >= 11 is 0. The zero-order chi connectivity index (χ0) is 19.3. The first kappa shape index (κ1) is 19.9. The van der Waals surface area contributed by atoms with Gasteiger partial charge in [-0.1, -0.05) is 30.3 Å². The molecule has 0 radical (unpaired) electrons. The first-order chi connectivity index (χ1) is 12.2. The summed E-state index contributed by atoms with van der Waals surface area (Å²) < 4.78 is 0. The van der Waals surface area contributed by atoms with Gasteiger partial charge in [-0.15, -0.1) is 0 Å². The summed E-state index contributed by atoms with van der Waals surface area (Å²) in [6.07, 6.45) is 0.972. The van der Waals surface area contributed by atoms with Crippen molar-refractivity contribution in [3.8, 4) is 0 Å². The number of carbonyl (C=O) groups excluding carboxylic acids is 3. The number of hydrogen-bond acceptors (Lipinski definition) is 3. The Kier molecular flexibility index (Phi) is 6.40. The van der Waals surface area contributed by atoms with Gasteiger partial charge in [0.15, 0.2) is 0 Å². The van der Waals surface area contributed by atoms with E-state index >= 15 is 0 Å². The maximum absolute atomic E-state index is 12.4. The minimum Gasteiger partial charge on any atom is -0.350 e. The summed E-state index contributed by atoms with van der Waals surface area (Å²) in [5.41, 5.74) is 0.814. The molecule has 142 valence electrons. The average Bonchev–Trinajstić information content (AvgIpc) is 2.93. The molecule has 2 N–H and O–H groups in total. The van der Waals surface area contributed by atoms with Crippen LogP contribution in [0.2, 0.25) is 0 Å². The number of likely N-dealkylation sites (tertiary alicyclic amines) is 1. The van der Waals surface area contributed by atoms with Crippen molar-refractivity contribution < 1.29 is 14.4 Å². The molecule has 0 aliphatic carbocycles. The molecule has 1 heterocycles. The van der Waals surface area contributed by atoms with Crippen molar-refractivity contribution in [2.75, 3.05) is 13.1 Å². The van der Waals surface area contributed by atoms with E-state index in [4.69, 9.17) is 0 Å². The second-order valence-electron chi connectivity index (χ2n) is 7.95. The van der Waals surface area contributed by atoms with E-state index < -0.39 is 12.0 Å². The Morgan fingerprint density at radius 3 is 2.50 bits per heavy atom. The monoisotopic (exact) mass is 359 g/mol. The third-order valence-corrected chi connectivity index (χ3v) is 4.35. The van der Waals surface area contributed by atoms with Gasteiger partial charge in [0.25, 0.3) is 0 Å². The Balaban J connectivity index is 1.83. The highest BCUT2D eigenvalue weighted by molar-refractivity contribution is 5.92. The largest absolute Gasteiger partial charge is 0.350 e. The Morgan fingerprint density at radius 2 is 1.88 bits per heavy atom. The van der Waals surface area contributed by atoms with Crippen LogP contribution in [0, 0.1) is 5.92 Å². The lowest BCUT2D eigenvalue weighted by Gasteiger charge is -2.24. The van der Waals surface area contributed by atoms with Crippen LogP contribution in [0.5, 0.6) is 0 Å². The average molecular weight is 359 g/mol. The number of hydrogen-bond donors (Lipinski definition) is 2. The minimum absolute atomic E-state index is 0.00660. The lowest BCUT2D eigenvalue weighted by Crippen LogP contribution is -2.52. The first-order valence-corrected chi connectivity index (χ1v) is 9.10. The van der Waals surface area contributed by atoms with Crippen molar-refractivity contribution >= 4 is 17.7 Å². The van der Waals surface area contributed by atoms with Crippen molar-refractivity contribution in [2.45, 2.75) is 52.1 Å². The molecule has 0 bridgehead atoms. The number of nitrogens with zero attached hydrogens (tertiary/aromatic N) is 1. The second-order valence-corrected chi connectivity index (χ2v) is 7.95. The smallest absolute Gasteiger partial charge is 0.242 e. The molecule has 6 heteroatoms. The normalized spacial score (nSPS) is 18.5. The van der Waals surface area contributed by atoms with Gasteiger partial charge in [0.1, 0.15) is 6.04 Å². The Hall–Kier alpha value is -2.37. The van der Waals surface area contributed by atoms with Crippen LogP contribution in [-0.2, 0) is 20.8 Å². The van der Waals surface area contributed by atoms with Crippen molar-refractivity contribution in [1.29, 1.82) is 0 Å². The molecular weight excluding hydrogens is 330 g/mol. The molecule has 1 saturated heterocycles. The van der Waals surface area contributed by atoms with Crippen molar-refractivity contribution in [3.63, 3.8) is 0 Å². The topological polar surface area (TPSA) is 78.5 Å². The molecule has 0 aromatic heterocycles. The van der Waals surface area contributed by atoms with E-state index in [1.165, 1.54) is 5.56 Å². The Bertz CT molecular complexity index is 652. The minimum atomic E-state index is -0.629. The van der Waals surface area contributed by atoms with E-state index in [0.717, 1.165) is 6.42 Å². The fourth-order valence-electron chi connectivity index (χ4n) is 2.95. The Labute approximate surface area is 155 Å². The highest BCUT2D eigenvalue weighted by atomic mass is 16.2. The van der Waals surface area contributed by atoms with Crippen LogP contribution in [0.3, 0.4) is 0 Å². The third kappa shape index (κ3) is 5.86. The predicted molar refractivity (Wildman–Crippen MR) is 100 cm³/mol. The number of amides is 3. The summed E-state index contributed by atoms with van der Waals surface area (Å²) in [6.45, 7) is 8.33. The molecule has 1 aromatic rings. The maximum Gasteiger partial charge on any atom is 0.242 e. The fourth-order valence-corrected chi connectivity index (χ4v) is 2.95. The predicted octanol–water partition coefficient (Wildman–Crippen LogP) is 1.50. The van der Waals surface area contributed by atoms with E-state index in [1.54, 1.807) is 11.8 Å². The van der Waals surface area contributed by atoms with Gasteiger partial charge in [-0.3, -0.25) is 14.4 Å². The lowest BCUT2D eigenvalue weighted by molar-refractivity contribution is -0.131. The molecule has 0 spiro atoms. The van der Waals surface area contributed by atoms with Gasteiger partial charge in [-0.25, -0.2) is 0 Å². The zero-order valence-electron chi connectivity index (χ0n) is 16.0. The number of carbonyl (C=O) groups is 3. The molecule has 2 rings (SSSR count). The summed E-state index contributed by atoms with van der Waals surface area (Å²) in [6, 6.07) is 9.33. The van der Waals surface area contributed by atoms with Gasteiger partial charge in [0, 0.05) is 25.0 Å². The second kappa shape index (κ2) is 8.34.